The van der Waals surface area contributed by atoms with Crippen LogP contribution in [0.4, 0.5) is 25.8 Å². The summed E-state index contributed by atoms with van der Waals surface area (Å²) in [6, 6.07) is 12.1. The highest BCUT2D eigenvalue weighted by Gasteiger charge is 2.22. The van der Waals surface area contributed by atoms with Gasteiger partial charge in [-0.1, -0.05) is 18.2 Å². The third-order valence-electron chi connectivity index (χ3n) is 4.27. The first kappa shape index (κ1) is 24.3. The summed E-state index contributed by atoms with van der Waals surface area (Å²) < 4.78 is 58.9. The van der Waals surface area contributed by atoms with Crippen molar-refractivity contribution in [3.8, 4) is 0 Å². The Hall–Kier alpha value is -4.39. The lowest BCUT2D eigenvalue weighted by Crippen LogP contribution is -2.22. The van der Waals surface area contributed by atoms with E-state index in [1.54, 1.807) is 0 Å². The van der Waals surface area contributed by atoms with E-state index < -0.39 is 55.6 Å². The number of hydrogen-bond acceptors (Lipinski definition) is 7. The molecular weight excluding hydrogens is 476 g/mol. The number of rotatable bonds is 8. The number of anilines is 2. The van der Waals surface area contributed by atoms with Crippen LogP contribution in [-0.4, -0.2) is 31.8 Å². The molecule has 3 aromatic carbocycles. The van der Waals surface area contributed by atoms with E-state index in [0.717, 1.165) is 30.3 Å². The molecule has 0 atom stereocenters. The Morgan fingerprint density at radius 2 is 1.71 bits per heavy atom. The van der Waals surface area contributed by atoms with Crippen molar-refractivity contribution < 1.29 is 36.4 Å². The molecule has 0 spiro atoms. The predicted molar refractivity (Wildman–Crippen MR) is 116 cm³/mol. The van der Waals surface area contributed by atoms with Crippen molar-refractivity contribution in [2.45, 2.75) is 4.90 Å². The van der Waals surface area contributed by atoms with Crippen LogP contribution in [0, 0.1) is 21.7 Å². The summed E-state index contributed by atoms with van der Waals surface area (Å²) in [5.74, 6) is -3.87. The van der Waals surface area contributed by atoms with Gasteiger partial charge in [-0.25, -0.2) is 22.0 Å². The van der Waals surface area contributed by atoms with Crippen molar-refractivity contribution in [3.05, 3.63) is 94.0 Å². The number of para-hydroxylation sites is 1. The maximum absolute atomic E-state index is 13.6. The molecule has 0 saturated heterocycles. The molecular formula is C21H15F2N3O7S. The zero-order chi connectivity index (χ0) is 24.9. The van der Waals surface area contributed by atoms with E-state index in [4.69, 9.17) is 4.74 Å². The fourth-order valence-corrected chi connectivity index (χ4v) is 3.82. The van der Waals surface area contributed by atoms with Gasteiger partial charge in [0.2, 0.25) is 0 Å². The highest BCUT2D eigenvalue weighted by atomic mass is 32.2. The van der Waals surface area contributed by atoms with Crippen LogP contribution in [0.25, 0.3) is 0 Å². The Kier molecular flexibility index (Phi) is 7.16. The minimum Gasteiger partial charge on any atom is -0.452 e. The Morgan fingerprint density at radius 1 is 0.971 bits per heavy atom. The molecule has 10 nitrogen and oxygen atoms in total. The third-order valence-corrected chi connectivity index (χ3v) is 5.63. The lowest BCUT2D eigenvalue weighted by molar-refractivity contribution is -0.385. The van der Waals surface area contributed by atoms with Crippen LogP contribution in [0.3, 0.4) is 0 Å². The van der Waals surface area contributed by atoms with E-state index in [9.17, 15) is 36.9 Å². The lowest BCUT2D eigenvalue weighted by atomic mass is 10.2. The fourth-order valence-electron chi connectivity index (χ4n) is 2.70. The van der Waals surface area contributed by atoms with Crippen LogP contribution in [0.5, 0.6) is 0 Å². The highest BCUT2D eigenvalue weighted by Crippen LogP contribution is 2.23. The molecule has 0 aliphatic heterocycles. The largest absolute Gasteiger partial charge is 0.452 e. The SMILES string of the molecule is O=C(COC(=O)c1ccccc1NS(=O)(=O)c1cccc([N+](=O)[O-])c1)Nc1ccc(F)cc1F. The molecule has 2 N–H and O–H groups in total. The number of carbonyl (C=O) groups is 2. The van der Waals surface area contributed by atoms with Crippen molar-refractivity contribution in [2.24, 2.45) is 0 Å². The first-order chi connectivity index (χ1) is 16.1. The summed E-state index contributed by atoms with van der Waals surface area (Å²) in [6.07, 6.45) is 0. The second-order valence-corrected chi connectivity index (χ2v) is 8.34. The molecule has 0 fully saturated rings. The van der Waals surface area contributed by atoms with E-state index >= 15 is 0 Å². The van der Waals surface area contributed by atoms with Crippen molar-refractivity contribution in [3.63, 3.8) is 0 Å². The number of nitro groups is 1. The van der Waals surface area contributed by atoms with Gasteiger partial charge in [-0.2, -0.15) is 0 Å². The number of sulfonamides is 1. The molecule has 0 heterocycles. The minimum absolute atomic E-state index is 0.205. The Balaban J connectivity index is 1.72. The Bertz CT molecular complexity index is 1380. The molecule has 0 bridgehead atoms. The van der Waals surface area contributed by atoms with Crippen LogP contribution in [-0.2, 0) is 19.6 Å². The molecule has 176 valence electrons. The first-order valence-electron chi connectivity index (χ1n) is 9.35. The van der Waals surface area contributed by atoms with Crippen molar-refractivity contribution >= 4 is 39.0 Å². The van der Waals surface area contributed by atoms with Gasteiger partial charge in [-0.05, 0) is 30.3 Å². The van der Waals surface area contributed by atoms with Crippen LogP contribution in [0.1, 0.15) is 10.4 Å². The third kappa shape index (κ3) is 5.89. The second-order valence-electron chi connectivity index (χ2n) is 6.65. The molecule has 3 aromatic rings. The topological polar surface area (TPSA) is 145 Å². The van der Waals surface area contributed by atoms with Crippen LogP contribution < -0.4 is 10.0 Å². The van der Waals surface area contributed by atoms with E-state index in [1.165, 1.54) is 30.3 Å². The van der Waals surface area contributed by atoms with E-state index in [2.05, 4.69) is 10.0 Å². The Labute approximate surface area is 191 Å². The van der Waals surface area contributed by atoms with E-state index in [1.807, 2.05) is 0 Å². The number of ether oxygens (including phenoxy) is 1. The maximum atomic E-state index is 13.6. The molecule has 0 radical (unpaired) electrons. The Morgan fingerprint density at radius 3 is 2.41 bits per heavy atom. The van der Waals surface area contributed by atoms with E-state index in [0.29, 0.717) is 6.07 Å². The molecule has 0 saturated carbocycles. The van der Waals surface area contributed by atoms with Gasteiger partial charge in [0.25, 0.3) is 21.6 Å². The molecule has 0 aliphatic rings. The van der Waals surface area contributed by atoms with Crippen molar-refractivity contribution in [1.29, 1.82) is 0 Å². The van der Waals surface area contributed by atoms with Gasteiger partial charge in [0.15, 0.2) is 6.61 Å². The molecule has 0 aromatic heterocycles. The summed E-state index contributed by atoms with van der Waals surface area (Å²) in [6.45, 7) is -0.846. The summed E-state index contributed by atoms with van der Waals surface area (Å²) in [7, 11) is -4.32. The number of amides is 1. The fraction of sp³-hybridized carbons (Fsp3) is 0.0476. The van der Waals surface area contributed by atoms with Crippen molar-refractivity contribution in [1.82, 2.24) is 0 Å². The average Bonchev–Trinajstić information content (AvgIpc) is 2.79. The molecule has 13 heteroatoms. The number of benzene rings is 3. The molecule has 1 amide bonds. The summed E-state index contributed by atoms with van der Waals surface area (Å²) >= 11 is 0. The zero-order valence-corrected chi connectivity index (χ0v) is 17.8. The van der Waals surface area contributed by atoms with Gasteiger partial charge in [0, 0.05) is 18.2 Å². The van der Waals surface area contributed by atoms with E-state index in [-0.39, 0.29) is 16.9 Å². The number of hydrogen-bond donors (Lipinski definition) is 2. The summed E-state index contributed by atoms with van der Waals surface area (Å²) in [5.41, 5.74) is -1.23. The number of esters is 1. The van der Waals surface area contributed by atoms with Crippen molar-refractivity contribution in [2.75, 3.05) is 16.6 Å². The standard InChI is InChI=1S/C21H15F2N3O7S/c22-13-8-9-19(17(23)10-13)24-20(27)12-33-21(28)16-6-1-2-7-18(16)25-34(31,32)15-5-3-4-14(11-15)26(29)30/h1-11,25H,12H2,(H,24,27). The quantitative estimate of drug-likeness (QED) is 0.279. The van der Waals surface area contributed by atoms with Gasteiger partial charge in [-0.3, -0.25) is 19.6 Å². The summed E-state index contributed by atoms with van der Waals surface area (Å²) in [4.78, 5) is 34.2. The van der Waals surface area contributed by atoms with Crippen LogP contribution >= 0.6 is 0 Å². The number of halogens is 2. The molecule has 0 unspecified atom stereocenters. The number of non-ortho nitro benzene ring substituents is 1. The van der Waals surface area contributed by atoms with Gasteiger partial charge < -0.3 is 10.1 Å². The predicted octanol–water partition coefficient (Wildman–Crippen LogP) is 3.47. The van der Waals surface area contributed by atoms with Crippen LogP contribution in [0.15, 0.2) is 71.6 Å². The molecule has 3 rings (SSSR count). The maximum Gasteiger partial charge on any atom is 0.340 e. The van der Waals surface area contributed by atoms with Gasteiger partial charge in [0.05, 0.1) is 26.8 Å². The molecule has 0 aliphatic carbocycles. The monoisotopic (exact) mass is 491 g/mol. The molecule has 34 heavy (non-hydrogen) atoms. The number of carbonyl (C=O) groups excluding carboxylic acids is 2. The average molecular weight is 491 g/mol. The number of nitro benzene ring substituents is 1. The summed E-state index contributed by atoms with van der Waals surface area (Å²) in [5, 5.41) is 13.0. The zero-order valence-electron chi connectivity index (χ0n) is 17.0. The second kappa shape index (κ2) is 10.0. The smallest absolute Gasteiger partial charge is 0.340 e. The minimum atomic E-state index is -4.32. The number of nitrogens with zero attached hydrogens (tertiary/aromatic N) is 1. The number of nitrogens with one attached hydrogen (secondary N) is 2. The first-order valence-corrected chi connectivity index (χ1v) is 10.8. The lowest BCUT2D eigenvalue weighted by Gasteiger charge is -2.12. The van der Waals surface area contributed by atoms with Gasteiger partial charge in [0.1, 0.15) is 11.6 Å². The normalized spacial score (nSPS) is 10.9. The van der Waals surface area contributed by atoms with Gasteiger partial charge in [-0.15, -0.1) is 0 Å². The van der Waals surface area contributed by atoms with Gasteiger partial charge >= 0.3 is 5.97 Å². The van der Waals surface area contributed by atoms with Crippen LogP contribution in [0.2, 0.25) is 0 Å². The highest BCUT2D eigenvalue weighted by molar-refractivity contribution is 7.92.